The molecule has 0 aliphatic rings. The van der Waals surface area contributed by atoms with E-state index in [1.165, 1.54) is 25.8 Å². The molecule has 0 fully saturated rings. The van der Waals surface area contributed by atoms with Crippen LogP contribution in [0.25, 0.3) is 0 Å². The molecule has 1 atom stereocenters. The molecule has 0 aromatic carbocycles. The summed E-state index contributed by atoms with van der Waals surface area (Å²) in [5, 5.41) is 10.00. The van der Waals surface area contributed by atoms with Gasteiger partial charge in [-0.3, -0.25) is 0 Å². The molecule has 0 saturated carbocycles. The van der Waals surface area contributed by atoms with Crippen LogP contribution in [0.15, 0.2) is 15.9 Å². The predicted octanol–water partition coefficient (Wildman–Crippen LogP) is 4.21. The number of aromatic nitrogens is 2. The van der Waals surface area contributed by atoms with Gasteiger partial charge in [0.2, 0.25) is 0 Å². The average molecular weight is 360 g/mol. The largest absolute Gasteiger partial charge is 0.309 e. The summed E-state index contributed by atoms with van der Waals surface area (Å²) >= 11 is 6.85. The molecule has 1 unspecified atom stereocenters. The van der Waals surface area contributed by atoms with Gasteiger partial charge in [0.1, 0.15) is 0 Å². The van der Waals surface area contributed by atoms with Gasteiger partial charge in [-0.1, -0.05) is 18.3 Å². The van der Waals surface area contributed by atoms with Gasteiger partial charge in [-0.05, 0) is 52.9 Å². The van der Waals surface area contributed by atoms with Crippen LogP contribution in [-0.4, -0.2) is 16.1 Å². The standard InChI is InChI=1S/C13H18BrN3S2/c1-3-5-15-12(7-10-6-9(14)8-18-10)13-11(4-2)16-17-19-13/h6,8,12,15H,3-5,7H2,1-2H3. The van der Waals surface area contributed by atoms with E-state index in [9.17, 15) is 0 Å². The molecule has 0 saturated heterocycles. The molecule has 0 aliphatic carbocycles. The SMILES string of the molecule is CCCNC(Cc1cc(Br)cs1)c1snnc1CC. The van der Waals surface area contributed by atoms with E-state index in [4.69, 9.17) is 0 Å². The highest BCUT2D eigenvalue weighted by molar-refractivity contribution is 9.10. The maximum atomic E-state index is 4.23. The van der Waals surface area contributed by atoms with Crippen molar-refractivity contribution >= 4 is 38.8 Å². The highest BCUT2D eigenvalue weighted by atomic mass is 79.9. The number of aryl methyl sites for hydroxylation is 1. The van der Waals surface area contributed by atoms with Gasteiger partial charge in [-0.15, -0.1) is 16.4 Å². The first-order valence-corrected chi connectivity index (χ1v) is 8.96. The summed E-state index contributed by atoms with van der Waals surface area (Å²) < 4.78 is 5.28. The summed E-state index contributed by atoms with van der Waals surface area (Å²) in [6.07, 6.45) is 3.09. The monoisotopic (exact) mass is 359 g/mol. The van der Waals surface area contributed by atoms with Gasteiger partial charge >= 0.3 is 0 Å². The molecule has 2 rings (SSSR count). The molecule has 2 aromatic rings. The second kappa shape index (κ2) is 7.47. The third kappa shape index (κ3) is 4.08. The number of halogens is 1. The predicted molar refractivity (Wildman–Crippen MR) is 86.0 cm³/mol. The highest BCUT2D eigenvalue weighted by Crippen LogP contribution is 2.28. The van der Waals surface area contributed by atoms with Gasteiger partial charge in [0, 0.05) is 27.2 Å². The zero-order chi connectivity index (χ0) is 13.7. The van der Waals surface area contributed by atoms with Crippen LogP contribution >= 0.6 is 38.8 Å². The van der Waals surface area contributed by atoms with Crippen LogP contribution in [0.3, 0.4) is 0 Å². The average Bonchev–Trinajstić information content (AvgIpc) is 3.03. The van der Waals surface area contributed by atoms with E-state index >= 15 is 0 Å². The van der Waals surface area contributed by atoms with Crippen LogP contribution < -0.4 is 5.32 Å². The quantitative estimate of drug-likeness (QED) is 0.804. The van der Waals surface area contributed by atoms with E-state index in [1.807, 2.05) is 0 Å². The van der Waals surface area contributed by atoms with Gasteiger partial charge in [-0.25, -0.2) is 0 Å². The minimum absolute atomic E-state index is 0.334. The van der Waals surface area contributed by atoms with E-state index in [1.54, 1.807) is 11.3 Å². The summed E-state index contributed by atoms with van der Waals surface area (Å²) in [4.78, 5) is 2.68. The molecule has 2 heterocycles. The minimum atomic E-state index is 0.334. The van der Waals surface area contributed by atoms with Gasteiger partial charge in [-0.2, -0.15) is 0 Å². The molecule has 6 heteroatoms. The minimum Gasteiger partial charge on any atom is -0.309 e. The van der Waals surface area contributed by atoms with Crippen molar-refractivity contribution in [2.45, 2.75) is 39.2 Å². The summed E-state index contributed by atoms with van der Waals surface area (Å²) in [5.74, 6) is 0. The van der Waals surface area contributed by atoms with Gasteiger partial charge in [0.15, 0.2) is 0 Å². The van der Waals surface area contributed by atoms with Crippen molar-refractivity contribution in [1.29, 1.82) is 0 Å². The van der Waals surface area contributed by atoms with Gasteiger partial charge < -0.3 is 5.32 Å². The first-order chi connectivity index (χ1) is 9.24. The number of thiophene rings is 1. The number of hydrogen-bond donors (Lipinski definition) is 1. The maximum absolute atomic E-state index is 4.23. The molecular weight excluding hydrogens is 342 g/mol. The van der Waals surface area contributed by atoms with Crippen LogP contribution in [0.4, 0.5) is 0 Å². The maximum Gasteiger partial charge on any atom is 0.0801 e. The number of hydrogen-bond acceptors (Lipinski definition) is 5. The van der Waals surface area contributed by atoms with Crippen LogP contribution in [0.5, 0.6) is 0 Å². The van der Waals surface area contributed by atoms with Gasteiger partial charge in [0.25, 0.3) is 0 Å². The molecule has 19 heavy (non-hydrogen) atoms. The molecule has 0 aliphatic heterocycles. The van der Waals surface area contributed by atoms with E-state index in [-0.39, 0.29) is 0 Å². The molecule has 0 spiro atoms. The third-order valence-corrected chi connectivity index (χ3v) is 5.50. The Hall–Kier alpha value is -0.300. The lowest BCUT2D eigenvalue weighted by atomic mass is 10.1. The number of rotatable bonds is 7. The summed E-state index contributed by atoms with van der Waals surface area (Å²) in [7, 11) is 0. The van der Waals surface area contributed by atoms with Crippen LogP contribution in [-0.2, 0) is 12.8 Å². The first kappa shape index (κ1) is 15.1. The van der Waals surface area contributed by atoms with E-state index in [0.717, 1.165) is 31.5 Å². The smallest absolute Gasteiger partial charge is 0.0801 e. The molecule has 0 radical (unpaired) electrons. The van der Waals surface area contributed by atoms with Crippen molar-refractivity contribution in [3.63, 3.8) is 0 Å². The lowest BCUT2D eigenvalue weighted by Crippen LogP contribution is -2.24. The van der Waals surface area contributed by atoms with Crippen molar-refractivity contribution in [2.24, 2.45) is 0 Å². The summed E-state index contributed by atoms with van der Waals surface area (Å²) in [6.45, 7) is 5.36. The fourth-order valence-electron chi connectivity index (χ4n) is 1.96. The van der Waals surface area contributed by atoms with Crippen molar-refractivity contribution < 1.29 is 0 Å². The molecular formula is C13H18BrN3S2. The Bertz CT molecular complexity index is 509. The first-order valence-electron chi connectivity index (χ1n) is 6.52. The fraction of sp³-hybridized carbons (Fsp3) is 0.538. The third-order valence-electron chi connectivity index (χ3n) is 2.90. The number of nitrogens with zero attached hydrogens (tertiary/aromatic N) is 2. The second-order valence-electron chi connectivity index (χ2n) is 4.38. The molecule has 1 N–H and O–H groups in total. The van der Waals surface area contributed by atoms with E-state index < -0.39 is 0 Å². The Morgan fingerprint density at radius 3 is 2.89 bits per heavy atom. The lowest BCUT2D eigenvalue weighted by molar-refractivity contribution is 0.535. The molecule has 0 amide bonds. The fourth-order valence-corrected chi connectivity index (χ4v) is 4.27. The van der Waals surface area contributed by atoms with Crippen molar-refractivity contribution in [1.82, 2.24) is 14.9 Å². The summed E-state index contributed by atoms with van der Waals surface area (Å²) in [6, 6.07) is 2.53. The van der Waals surface area contributed by atoms with Crippen LogP contribution in [0.1, 0.15) is 41.8 Å². The zero-order valence-electron chi connectivity index (χ0n) is 11.1. The normalized spacial score (nSPS) is 12.8. The molecule has 3 nitrogen and oxygen atoms in total. The molecule has 2 aromatic heterocycles. The van der Waals surface area contributed by atoms with Gasteiger partial charge in [0.05, 0.1) is 10.6 Å². The Morgan fingerprint density at radius 2 is 2.26 bits per heavy atom. The molecule has 0 bridgehead atoms. The van der Waals surface area contributed by atoms with Crippen molar-refractivity contribution in [3.05, 3.63) is 31.4 Å². The Morgan fingerprint density at radius 1 is 1.42 bits per heavy atom. The second-order valence-corrected chi connectivity index (χ2v) is 7.08. The molecule has 104 valence electrons. The topological polar surface area (TPSA) is 37.8 Å². The Labute approximate surface area is 130 Å². The summed E-state index contributed by atoms with van der Waals surface area (Å²) in [5.41, 5.74) is 1.13. The Kier molecular flexibility index (Phi) is 5.94. The van der Waals surface area contributed by atoms with Crippen LogP contribution in [0, 0.1) is 0 Å². The number of nitrogens with one attached hydrogen (secondary N) is 1. The highest BCUT2D eigenvalue weighted by Gasteiger charge is 2.19. The Balaban J connectivity index is 2.15. The zero-order valence-corrected chi connectivity index (χ0v) is 14.4. The van der Waals surface area contributed by atoms with Crippen molar-refractivity contribution in [3.8, 4) is 0 Å². The van der Waals surface area contributed by atoms with Crippen LogP contribution in [0.2, 0.25) is 0 Å². The van der Waals surface area contributed by atoms with E-state index in [0.29, 0.717) is 6.04 Å². The lowest BCUT2D eigenvalue weighted by Gasteiger charge is -2.16. The van der Waals surface area contributed by atoms with Crippen molar-refractivity contribution in [2.75, 3.05) is 6.54 Å². The van der Waals surface area contributed by atoms with E-state index in [2.05, 4.69) is 56.1 Å².